The van der Waals surface area contributed by atoms with Gasteiger partial charge in [-0.15, -0.1) is 0 Å². The number of hydrazine groups is 1. The van der Waals surface area contributed by atoms with Crippen LogP contribution in [0, 0.1) is 22.7 Å². The van der Waals surface area contributed by atoms with Crippen molar-refractivity contribution in [3.63, 3.8) is 0 Å². The quantitative estimate of drug-likeness (QED) is 0.769. The number of benzene rings is 2. The van der Waals surface area contributed by atoms with Gasteiger partial charge < -0.3 is 4.74 Å². The van der Waals surface area contributed by atoms with Gasteiger partial charge in [0.25, 0.3) is 5.91 Å². The highest BCUT2D eigenvalue weighted by Gasteiger charge is 2.08. The number of hydrogen-bond acceptors (Lipinski definition) is 5. The highest BCUT2D eigenvalue weighted by atomic mass is 16.5. The predicted molar refractivity (Wildman–Crippen MR) is 92.4 cm³/mol. The predicted octanol–water partition coefficient (Wildman–Crippen LogP) is 1.59. The monoisotopic (exact) mass is 348 g/mol. The second-order valence-corrected chi connectivity index (χ2v) is 5.30. The van der Waals surface area contributed by atoms with E-state index in [4.69, 9.17) is 15.3 Å². The summed E-state index contributed by atoms with van der Waals surface area (Å²) in [5.41, 5.74) is 6.36. The highest BCUT2D eigenvalue weighted by Crippen LogP contribution is 2.16. The van der Waals surface area contributed by atoms with Gasteiger partial charge in [-0.25, -0.2) is 0 Å². The number of amides is 2. The van der Waals surface area contributed by atoms with Crippen LogP contribution < -0.4 is 15.6 Å². The highest BCUT2D eigenvalue weighted by molar-refractivity contribution is 5.82. The molecule has 2 aromatic rings. The van der Waals surface area contributed by atoms with E-state index >= 15 is 0 Å². The zero-order valence-corrected chi connectivity index (χ0v) is 13.9. The molecule has 0 aromatic heterocycles. The lowest BCUT2D eigenvalue weighted by Crippen LogP contribution is -2.43. The molecule has 0 saturated heterocycles. The Balaban J connectivity index is 1.70. The van der Waals surface area contributed by atoms with Gasteiger partial charge in [0.15, 0.2) is 6.61 Å². The van der Waals surface area contributed by atoms with Gasteiger partial charge in [0.2, 0.25) is 5.91 Å². The second-order valence-electron chi connectivity index (χ2n) is 5.30. The van der Waals surface area contributed by atoms with Gasteiger partial charge in [-0.3, -0.25) is 20.4 Å². The zero-order chi connectivity index (χ0) is 18.8. The number of rotatable bonds is 6. The van der Waals surface area contributed by atoms with E-state index in [2.05, 4.69) is 10.9 Å². The third-order valence-corrected chi connectivity index (χ3v) is 3.43. The van der Waals surface area contributed by atoms with E-state index in [1.807, 2.05) is 12.1 Å². The molecule has 0 unspecified atom stereocenters. The fourth-order valence-electron chi connectivity index (χ4n) is 2.07. The van der Waals surface area contributed by atoms with Crippen molar-refractivity contribution in [1.82, 2.24) is 10.9 Å². The first-order chi connectivity index (χ1) is 12.6. The van der Waals surface area contributed by atoms with E-state index in [1.165, 1.54) is 0 Å². The maximum absolute atomic E-state index is 11.8. The summed E-state index contributed by atoms with van der Waals surface area (Å²) in [5, 5.41) is 17.7. The Morgan fingerprint density at radius 3 is 2.31 bits per heavy atom. The number of para-hydroxylation sites is 1. The summed E-state index contributed by atoms with van der Waals surface area (Å²) < 4.78 is 5.26. The van der Waals surface area contributed by atoms with Crippen molar-refractivity contribution in [2.24, 2.45) is 0 Å². The van der Waals surface area contributed by atoms with Crippen molar-refractivity contribution >= 4 is 11.8 Å². The Morgan fingerprint density at radius 2 is 1.62 bits per heavy atom. The second kappa shape index (κ2) is 9.45. The lowest BCUT2D eigenvalue weighted by atomic mass is 10.1. The molecule has 26 heavy (non-hydrogen) atoms. The smallest absolute Gasteiger partial charge is 0.276 e. The Hall–Kier alpha value is -3.84. The van der Waals surface area contributed by atoms with Crippen molar-refractivity contribution in [2.45, 2.75) is 12.8 Å². The molecule has 130 valence electrons. The molecule has 2 rings (SSSR count). The van der Waals surface area contributed by atoms with Gasteiger partial charge in [0.1, 0.15) is 11.8 Å². The largest absolute Gasteiger partial charge is 0.482 e. The molecular weight excluding hydrogens is 332 g/mol. The Kier molecular flexibility index (Phi) is 6.73. The molecule has 0 saturated carbocycles. The fourth-order valence-corrected chi connectivity index (χ4v) is 2.07. The Labute approximate surface area is 150 Å². The fraction of sp³-hybridized carbons (Fsp3) is 0.158. The van der Waals surface area contributed by atoms with Gasteiger partial charge in [-0.05, 0) is 36.2 Å². The van der Waals surface area contributed by atoms with Crippen molar-refractivity contribution in [2.75, 3.05) is 6.61 Å². The number of aryl methyl sites for hydroxylation is 1. The van der Waals surface area contributed by atoms with Crippen LogP contribution in [0.2, 0.25) is 0 Å². The molecule has 0 spiro atoms. The van der Waals surface area contributed by atoms with E-state index in [1.54, 1.807) is 48.5 Å². The normalized spacial score (nSPS) is 9.46. The zero-order valence-electron chi connectivity index (χ0n) is 13.9. The average Bonchev–Trinajstić information content (AvgIpc) is 2.69. The molecular formula is C19H16N4O3. The maximum Gasteiger partial charge on any atom is 0.276 e. The van der Waals surface area contributed by atoms with Gasteiger partial charge in [-0.2, -0.15) is 10.5 Å². The number of ether oxygens (including phenoxy) is 1. The summed E-state index contributed by atoms with van der Waals surface area (Å²) in [6, 6.07) is 17.5. The Morgan fingerprint density at radius 1 is 0.923 bits per heavy atom. The lowest BCUT2D eigenvalue weighted by Gasteiger charge is -2.09. The molecule has 2 amide bonds. The minimum absolute atomic E-state index is 0.185. The SMILES string of the molecule is N#Cc1ccc(CCC(=O)NNC(=O)COc2ccccc2C#N)cc1. The molecule has 0 heterocycles. The number of carbonyl (C=O) groups excluding carboxylic acids is 2. The van der Waals surface area contributed by atoms with Gasteiger partial charge in [0, 0.05) is 6.42 Å². The van der Waals surface area contributed by atoms with Gasteiger partial charge in [0.05, 0.1) is 17.2 Å². The topological polar surface area (TPSA) is 115 Å². The summed E-state index contributed by atoms with van der Waals surface area (Å²) in [7, 11) is 0. The maximum atomic E-state index is 11.8. The van der Waals surface area contributed by atoms with Crippen LogP contribution in [-0.4, -0.2) is 18.4 Å². The molecule has 0 aliphatic rings. The standard InChI is InChI=1S/C19H16N4O3/c20-11-15-7-5-14(6-8-15)9-10-18(24)22-23-19(25)13-26-17-4-2-1-3-16(17)12-21/h1-8H,9-10,13H2,(H,22,24)(H,23,25). The van der Waals surface area contributed by atoms with Crippen LogP contribution in [0.4, 0.5) is 0 Å². The number of carbonyl (C=O) groups is 2. The molecule has 7 nitrogen and oxygen atoms in total. The first-order valence-electron chi connectivity index (χ1n) is 7.81. The van der Waals surface area contributed by atoms with Crippen LogP contribution in [0.1, 0.15) is 23.1 Å². The van der Waals surface area contributed by atoms with Crippen molar-refractivity contribution in [3.05, 3.63) is 65.2 Å². The average molecular weight is 348 g/mol. The van der Waals surface area contributed by atoms with Crippen molar-refractivity contribution in [3.8, 4) is 17.9 Å². The van der Waals surface area contributed by atoms with Crippen LogP contribution in [0.3, 0.4) is 0 Å². The lowest BCUT2D eigenvalue weighted by molar-refractivity contribution is -0.130. The van der Waals surface area contributed by atoms with E-state index in [0.717, 1.165) is 5.56 Å². The van der Waals surface area contributed by atoms with Crippen molar-refractivity contribution in [1.29, 1.82) is 10.5 Å². The first-order valence-corrected chi connectivity index (χ1v) is 7.81. The number of nitriles is 2. The minimum Gasteiger partial charge on any atom is -0.482 e. The summed E-state index contributed by atoms with van der Waals surface area (Å²) >= 11 is 0. The summed E-state index contributed by atoms with van der Waals surface area (Å²) in [4.78, 5) is 23.5. The molecule has 0 aliphatic carbocycles. The van der Waals surface area contributed by atoms with Crippen LogP contribution in [0.15, 0.2) is 48.5 Å². The molecule has 2 aromatic carbocycles. The third kappa shape index (κ3) is 5.66. The summed E-state index contributed by atoms with van der Waals surface area (Å²) in [5.74, 6) is -0.582. The molecule has 0 bridgehead atoms. The van der Waals surface area contributed by atoms with Crippen LogP contribution in [0.25, 0.3) is 0 Å². The van der Waals surface area contributed by atoms with Gasteiger partial charge >= 0.3 is 0 Å². The number of nitrogens with one attached hydrogen (secondary N) is 2. The molecule has 0 radical (unpaired) electrons. The molecule has 0 fully saturated rings. The molecule has 7 heteroatoms. The number of hydrogen-bond donors (Lipinski definition) is 2. The Bertz CT molecular complexity index is 864. The van der Waals surface area contributed by atoms with Crippen LogP contribution in [-0.2, 0) is 16.0 Å². The van der Waals surface area contributed by atoms with E-state index < -0.39 is 5.91 Å². The molecule has 0 aliphatic heterocycles. The van der Waals surface area contributed by atoms with Crippen LogP contribution >= 0.6 is 0 Å². The van der Waals surface area contributed by atoms with Crippen molar-refractivity contribution < 1.29 is 14.3 Å². The third-order valence-electron chi connectivity index (χ3n) is 3.43. The molecule has 0 atom stereocenters. The minimum atomic E-state index is -0.538. The van der Waals surface area contributed by atoms with E-state index in [9.17, 15) is 9.59 Å². The van der Waals surface area contributed by atoms with Crippen LogP contribution in [0.5, 0.6) is 5.75 Å². The van der Waals surface area contributed by atoms with E-state index in [-0.39, 0.29) is 18.9 Å². The van der Waals surface area contributed by atoms with E-state index in [0.29, 0.717) is 23.3 Å². The summed E-state index contributed by atoms with van der Waals surface area (Å²) in [6.07, 6.45) is 0.670. The first kappa shape index (κ1) is 18.5. The number of nitrogens with zero attached hydrogens (tertiary/aromatic N) is 2. The van der Waals surface area contributed by atoms with Gasteiger partial charge in [-0.1, -0.05) is 24.3 Å². The molecule has 2 N–H and O–H groups in total. The summed E-state index contributed by atoms with van der Waals surface area (Å²) in [6.45, 7) is -0.325.